The van der Waals surface area contributed by atoms with E-state index in [0.717, 1.165) is 27.7 Å². The van der Waals surface area contributed by atoms with Crippen LogP contribution in [0.3, 0.4) is 0 Å². The van der Waals surface area contributed by atoms with Crippen molar-refractivity contribution in [1.29, 1.82) is 0 Å². The van der Waals surface area contributed by atoms with Crippen molar-refractivity contribution in [1.82, 2.24) is 5.32 Å². The molecule has 1 aliphatic rings. The van der Waals surface area contributed by atoms with Gasteiger partial charge in [0.15, 0.2) is 12.2 Å². The van der Waals surface area contributed by atoms with E-state index in [9.17, 15) is 24.0 Å². The number of hydrogen-bond donors (Lipinski definition) is 1. The van der Waals surface area contributed by atoms with E-state index in [2.05, 4.69) is 11.9 Å². The lowest BCUT2D eigenvalue weighted by Crippen LogP contribution is -2.67. The third kappa shape index (κ3) is 7.53. The summed E-state index contributed by atoms with van der Waals surface area (Å²) in [6.45, 7) is 9.07. The van der Waals surface area contributed by atoms with Crippen molar-refractivity contribution in [2.75, 3.05) is 6.61 Å². The predicted octanol–water partition coefficient (Wildman–Crippen LogP) is -0.238. The van der Waals surface area contributed by atoms with Crippen molar-refractivity contribution in [3.05, 3.63) is 12.2 Å². The highest BCUT2D eigenvalue weighted by atomic mass is 16.7. The smallest absolute Gasteiger partial charge is 0.305 e. The second kappa shape index (κ2) is 10.6. The Kier molecular flexibility index (Phi) is 8.77. The molecule has 1 fully saturated rings. The number of rotatable bonds is 7. The van der Waals surface area contributed by atoms with E-state index in [0.29, 0.717) is 0 Å². The Morgan fingerprint density at radius 2 is 1.34 bits per heavy atom. The number of carbonyl (C=O) groups is 5. The molecule has 1 rings (SSSR count). The largest absolute Gasteiger partial charge is 0.463 e. The molecule has 0 unspecified atom stereocenters. The minimum atomic E-state index is -1.42. The minimum Gasteiger partial charge on any atom is -0.463 e. The lowest BCUT2D eigenvalue weighted by atomic mass is 9.95. The molecule has 1 heterocycles. The van der Waals surface area contributed by atoms with Gasteiger partial charge in [0.2, 0.25) is 12.2 Å². The summed E-state index contributed by atoms with van der Waals surface area (Å²) in [6.07, 6.45) is -5.14. The van der Waals surface area contributed by atoms with E-state index in [1.54, 1.807) is 0 Å². The molecule has 5 atom stereocenters. The van der Waals surface area contributed by atoms with E-state index in [4.69, 9.17) is 23.7 Å². The first-order valence-electron chi connectivity index (χ1n) is 8.69. The highest BCUT2D eigenvalue weighted by Crippen LogP contribution is 2.28. The van der Waals surface area contributed by atoms with E-state index in [-0.39, 0.29) is 12.2 Å². The van der Waals surface area contributed by atoms with Crippen LogP contribution in [0.1, 0.15) is 34.6 Å². The maximum absolute atomic E-state index is 12.2. The fourth-order valence-electron chi connectivity index (χ4n) is 2.59. The van der Waals surface area contributed by atoms with Crippen LogP contribution >= 0.6 is 0 Å². The quantitative estimate of drug-likeness (QED) is 0.336. The Balaban J connectivity index is 3.36. The molecule has 29 heavy (non-hydrogen) atoms. The predicted molar refractivity (Wildman–Crippen MR) is 94.9 cm³/mol. The van der Waals surface area contributed by atoms with E-state index in [1.807, 2.05) is 0 Å². The minimum absolute atomic E-state index is 0.124. The van der Waals surface area contributed by atoms with Crippen LogP contribution in [-0.4, -0.2) is 67.0 Å². The molecule has 1 saturated heterocycles. The van der Waals surface area contributed by atoms with Gasteiger partial charge in [-0.1, -0.05) is 6.58 Å². The highest BCUT2D eigenvalue weighted by molar-refractivity contribution is 5.92. The Morgan fingerprint density at radius 1 is 0.828 bits per heavy atom. The number of nitrogens with one attached hydrogen (secondary N) is 1. The molecule has 0 saturated carbocycles. The van der Waals surface area contributed by atoms with Gasteiger partial charge in [0, 0.05) is 33.3 Å². The first kappa shape index (κ1) is 24.1. The van der Waals surface area contributed by atoms with Crippen LogP contribution in [0.5, 0.6) is 0 Å². The summed E-state index contributed by atoms with van der Waals surface area (Å²) in [5.41, 5.74) is 0.124. The zero-order valence-electron chi connectivity index (χ0n) is 16.9. The van der Waals surface area contributed by atoms with Crippen molar-refractivity contribution in [2.45, 2.75) is 65.3 Å². The van der Waals surface area contributed by atoms with Crippen LogP contribution in [0.2, 0.25) is 0 Å². The van der Waals surface area contributed by atoms with Gasteiger partial charge >= 0.3 is 23.9 Å². The third-order valence-corrected chi connectivity index (χ3v) is 3.67. The topological polar surface area (TPSA) is 144 Å². The summed E-state index contributed by atoms with van der Waals surface area (Å²) < 4.78 is 26.2. The average molecular weight is 415 g/mol. The molecule has 0 spiro atoms. The number of carbonyl (C=O) groups excluding carboxylic acids is 5. The maximum atomic E-state index is 12.2. The molecule has 0 aromatic carbocycles. The van der Waals surface area contributed by atoms with E-state index in [1.165, 1.54) is 6.92 Å². The average Bonchev–Trinajstić information content (AvgIpc) is 2.56. The first-order chi connectivity index (χ1) is 13.4. The SMILES string of the molecule is C=C(C)C(=O)N[C@@H]1[C@H](OC(C)=O)O[C@H](COC(C)=O)[C@H](OC(C)=O)[C@H]1OC(C)=O. The van der Waals surface area contributed by atoms with Crippen molar-refractivity contribution >= 4 is 29.8 Å². The van der Waals surface area contributed by atoms with Gasteiger partial charge in [0.05, 0.1) is 0 Å². The molecule has 162 valence electrons. The van der Waals surface area contributed by atoms with Gasteiger partial charge in [-0.05, 0) is 6.92 Å². The van der Waals surface area contributed by atoms with Crippen LogP contribution in [0.25, 0.3) is 0 Å². The second-order valence-corrected chi connectivity index (χ2v) is 6.38. The lowest BCUT2D eigenvalue weighted by Gasteiger charge is -2.44. The molecule has 0 aliphatic carbocycles. The monoisotopic (exact) mass is 415 g/mol. The fourth-order valence-corrected chi connectivity index (χ4v) is 2.59. The van der Waals surface area contributed by atoms with Crippen molar-refractivity contribution in [3.63, 3.8) is 0 Å². The van der Waals surface area contributed by atoms with Gasteiger partial charge < -0.3 is 29.0 Å². The third-order valence-electron chi connectivity index (χ3n) is 3.67. The van der Waals surface area contributed by atoms with Crippen LogP contribution < -0.4 is 5.32 Å². The van der Waals surface area contributed by atoms with Gasteiger partial charge in [-0.3, -0.25) is 24.0 Å². The van der Waals surface area contributed by atoms with Crippen molar-refractivity contribution < 1.29 is 47.7 Å². The van der Waals surface area contributed by atoms with Crippen LogP contribution in [0, 0.1) is 0 Å². The molecular formula is C18H25NO10. The number of hydrogen-bond acceptors (Lipinski definition) is 10. The molecule has 0 bridgehead atoms. The summed E-state index contributed by atoms with van der Waals surface area (Å²) in [7, 11) is 0. The standard InChI is InChI=1S/C18H25NO10/c1-8(2)17(24)19-14-16(27-11(5)22)15(26-10(4)21)13(7-25-9(3)20)29-18(14)28-12(6)23/h13-16,18H,1,7H2,2-6H3,(H,19,24)/t13-,14+,15+,16+,18-/m1/s1. The summed E-state index contributed by atoms with van der Waals surface area (Å²) in [6, 6.07) is -1.23. The van der Waals surface area contributed by atoms with Crippen molar-refractivity contribution in [2.24, 2.45) is 0 Å². The lowest BCUT2D eigenvalue weighted by molar-refractivity contribution is -0.270. The first-order valence-corrected chi connectivity index (χ1v) is 8.69. The number of ether oxygens (including phenoxy) is 5. The van der Waals surface area contributed by atoms with Gasteiger partial charge in [0.25, 0.3) is 0 Å². The van der Waals surface area contributed by atoms with Gasteiger partial charge in [-0.15, -0.1) is 0 Å². The Hall–Kier alpha value is -2.95. The molecule has 0 radical (unpaired) electrons. The van der Waals surface area contributed by atoms with Crippen molar-refractivity contribution in [3.8, 4) is 0 Å². The fraction of sp³-hybridized carbons (Fsp3) is 0.611. The Labute approximate surface area is 167 Å². The molecular weight excluding hydrogens is 390 g/mol. The molecule has 1 N–H and O–H groups in total. The van der Waals surface area contributed by atoms with Crippen LogP contribution in [0.4, 0.5) is 0 Å². The molecule has 0 aromatic rings. The van der Waals surface area contributed by atoms with Crippen LogP contribution in [0.15, 0.2) is 12.2 Å². The van der Waals surface area contributed by atoms with E-state index < -0.39 is 60.4 Å². The zero-order chi connectivity index (χ0) is 22.3. The summed E-state index contributed by atoms with van der Waals surface area (Å²) in [5, 5.41) is 2.50. The highest BCUT2D eigenvalue weighted by Gasteiger charge is 2.52. The van der Waals surface area contributed by atoms with Crippen LogP contribution in [-0.2, 0) is 47.7 Å². The molecule has 0 aromatic heterocycles. The normalized spacial score (nSPS) is 25.9. The van der Waals surface area contributed by atoms with E-state index >= 15 is 0 Å². The Morgan fingerprint density at radius 3 is 1.79 bits per heavy atom. The summed E-state index contributed by atoms with van der Waals surface area (Å²) in [4.78, 5) is 58.2. The summed E-state index contributed by atoms with van der Waals surface area (Å²) in [5.74, 6) is -3.51. The molecule has 11 heteroatoms. The second-order valence-electron chi connectivity index (χ2n) is 6.38. The summed E-state index contributed by atoms with van der Waals surface area (Å²) >= 11 is 0. The molecule has 1 amide bonds. The van der Waals surface area contributed by atoms with Gasteiger partial charge in [-0.2, -0.15) is 0 Å². The molecule has 1 aliphatic heterocycles. The number of amides is 1. The Bertz CT molecular complexity index is 688. The molecule has 11 nitrogen and oxygen atoms in total. The maximum Gasteiger partial charge on any atom is 0.305 e. The zero-order valence-corrected chi connectivity index (χ0v) is 16.9. The van der Waals surface area contributed by atoms with Gasteiger partial charge in [-0.25, -0.2) is 0 Å². The van der Waals surface area contributed by atoms with Gasteiger partial charge in [0.1, 0.15) is 18.8 Å². The number of esters is 4.